The van der Waals surface area contributed by atoms with Crippen molar-refractivity contribution in [3.8, 4) is 22.8 Å². The number of carbonyl (C=O) groups excluding carboxylic acids is 1. The molecule has 2 N–H and O–H groups in total. The predicted octanol–water partition coefficient (Wildman–Crippen LogP) is 4.35. The molecule has 31 heavy (non-hydrogen) atoms. The van der Waals surface area contributed by atoms with Crippen LogP contribution in [0.1, 0.15) is 35.3 Å². The van der Waals surface area contributed by atoms with Gasteiger partial charge in [-0.15, -0.1) is 0 Å². The minimum Gasteiger partial charge on any atom is -0.435 e. The van der Waals surface area contributed by atoms with Crippen LogP contribution in [-0.2, 0) is 11.3 Å². The van der Waals surface area contributed by atoms with Gasteiger partial charge >= 0.3 is 0 Å². The lowest BCUT2D eigenvalue weighted by molar-refractivity contribution is 0.00975. The average molecular weight is 427 g/mol. The van der Waals surface area contributed by atoms with E-state index in [2.05, 4.69) is 9.88 Å². The normalized spacial score (nSPS) is 14.6. The highest BCUT2D eigenvalue weighted by atomic mass is 19.1. The third kappa shape index (κ3) is 4.81. The Bertz CT molecular complexity index is 1040. The summed E-state index contributed by atoms with van der Waals surface area (Å²) in [5.74, 6) is -2.81. The summed E-state index contributed by atoms with van der Waals surface area (Å²) < 4.78 is 39.6. The highest BCUT2D eigenvalue weighted by Gasteiger charge is 2.24. The first-order chi connectivity index (χ1) is 15.0. The van der Waals surface area contributed by atoms with Gasteiger partial charge in [-0.2, -0.15) is 0 Å². The molecule has 0 aliphatic carbocycles. The van der Waals surface area contributed by atoms with Crippen molar-refractivity contribution in [3.63, 3.8) is 0 Å². The van der Waals surface area contributed by atoms with Gasteiger partial charge in [0.15, 0.2) is 11.5 Å². The van der Waals surface area contributed by atoms with Crippen LogP contribution in [0, 0.1) is 11.6 Å². The van der Waals surface area contributed by atoms with Crippen LogP contribution < -0.4 is 5.73 Å². The Kier molecular flexibility index (Phi) is 6.39. The fourth-order valence-electron chi connectivity index (χ4n) is 3.63. The van der Waals surface area contributed by atoms with Crippen LogP contribution in [0.25, 0.3) is 22.8 Å². The third-order valence-corrected chi connectivity index (χ3v) is 5.24. The number of primary amides is 1. The number of amides is 1. The summed E-state index contributed by atoms with van der Waals surface area (Å²) in [6.45, 7) is 3.16. The number of nitrogens with zero attached hydrogens (tertiary/aromatic N) is 2. The summed E-state index contributed by atoms with van der Waals surface area (Å²) in [5.41, 5.74) is 6.24. The molecule has 162 valence electrons. The van der Waals surface area contributed by atoms with E-state index in [9.17, 15) is 13.6 Å². The van der Waals surface area contributed by atoms with Crippen LogP contribution in [0.4, 0.5) is 8.78 Å². The Hall–Kier alpha value is -3.10. The topological polar surface area (TPSA) is 81.6 Å². The van der Waals surface area contributed by atoms with Crippen LogP contribution >= 0.6 is 0 Å². The van der Waals surface area contributed by atoms with Crippen molar-refractivity contribution in [3.05, 3.63) is 65.4 Å². The molecule has 1 saturated heterocycles. The molecule has 2 aromatic carbocycles. The lowest BCUT2D eigenvalue weighted by Gasteiger charge is -2.25. The smallest absolute Gasteiger partial charge is 0.271 e. The zero-order valence-electron chi connectivity index (χ0n) is 16.9. The quantitative estimate of drug-likeness (QED) is 0.606. The molecule has 0 bridgehead atoms. The fourth-order valence-corrected chi connectivity index (χ4v) is 3.63. The van der Waals surface area contributed by atoms with Crippen molar-refractivity contribution in [1.82, 2.24) is 9.88 Å². The minimum atomic E-state index is -0.851. The van der Waals surface area contributed by atoms with Gasteiger partial charge in [0.25, 0.3) is 5.91 Å². The molecule has 3 aromatic rings. The van der Waals surface area contributed by atoms with E-state index < -0.39 is 23.1 Å². The summed E-state index contributed by atoms with van der Waals surface area (Å²) in [6.07, 6.45) is 3.69. The Balaban J connectivity index is 1.52. The van der Waals surface area contributed by atoms with Crippen molar-refractivity contribution >= 4 is 5.91 Å². The number of halogens is 2. The Morgan fingerprint density at radius 1 is 1.06 bits per heavy atom. The molecule has 0 atom stereocenters. The van der Waals surface area contributed by atoms with Gasteiger partial charge in [-0.05, 0) is 30.5 Å². The molecule has 6 nitrogen and oxygen atoms in total. The molecule has 8 heteroatoms. The van der Waals surface area contributed by atoms with Gasteiger partial charge in [0.05, 0.1) is 13.3 Å². The number of carbonyl (C=O) groups is 1. The van der Waals surface area contributed by atoms with Crippen molar-refractivity contribution in [2.45, 2.75) is 25.9 Å². The first-order valence-corrected chi connectivity index (χ1v) is 10.2. The van der Waals surface area contributed by atoms with Crippen LogP contribution in [-0.4, -0.2) is 35.6 Å². The Morgan fingerprint density at radius 3 is 2.39 bits per heavy atom. The molecule has 4 rings (SSSR count). The maximum Gasteiger partial charge on any atom is 0.271 e. The number of aromatic nitrogens is 1. The number of hydrogen-bond donors (Lipinski definition) is 1. The van der Waals surface area contributed by atoms with Gasteiger partial charge in [-0.25, -0.2) is 13.8 Å². The van der Waals surface area contributed by atoms with Gasteiger partial charge in [0.1, 0.15) is 17.2 Å². The number of rotatable bonds is 7. The lowest BCUT2D eigenvalue weighted by Crippen LogP contribution is -2.31. The molecule has 0 spiro atoms. The lowest BCUT2D eigenvalue weighted by atomic mass is 10.1. The standard InChI is InChI=1S/C23H23F2N3O3/c24-17-5-4-6-18(25)19(17)23-27-20(22(26)29)21(31-23)16-9-7-15(8-10-16)13-30-14-28-11-2-1-3-12-28/h4-10H,1-3,11-14H2,(H2,26,29). The summed E-state index contributed by atoms with van der Waals surface area (Å²) in [5, 5.41) is 0. The SMILES string of the molecule is NC(=O)c1nc(-c2c(F)cccc2F)oc1-c1ccc(COCN2CCCCC2)cc1. The van der Waals surface area contributed by atoms with E-state index in [4.69, 9.17) is 14.9 Å². The van der Waals surface area contributed by atoms with E-state index in [0.29, 0.717) is 18.9 Å². The van der Waals surface area contributed by atoms with E-state index >= 15 is 0 Å². The molecular weight excluding hydrogens is 404 g/mol. The molecule has 0 saturated carbocycles. The molecule has 1 aliphatic heterocycles. The Morgan fingerprint density at radius 2 is 1.74 bits per heavy atom. The summed E-state index contributed by atoms with van der Waals surface area (Å²) in [4.78, 5) is 18.1. The van der Waals surface area contributed by atoms with Crippen LogP contribution in [0.5, 0.6) is 0 Å². The number of benzene rings is 2. The van der Waals surface area contributed by atoms with Crippen LogP contribution in [0.2, 0.25) is 0 Å². The number of piperidine rings is 1. The minimum absolute atomic E-state index is 0.0611. The van der Waals surface area contributed by atoms with Crippen molar-refractivity contribution in [2.75, 3.05) is 19.8 Å². The molecule has 1 aromatic heterocycles. The Labute approximate surface area is 178 Å². The maximum absolute atomic E-state index is 14.1. The number of hydrogen-bond acceptors (Lipinski definition) is 5. The van der Waals surface area contributed by atoms with Gasteiger partial charge in [0.2, 0.25) is 5.89 Å². The second-order valence-corrected chi connectivity index (χ2v) is 7.51. The van der Waals surface area contributed by atoms with Crippen LogP contribution in [0.15, 0.2) is 46.9 Å². The van der Waals surface area contributed by atoms with E-state index in [1.165, 1.54) is 25.3 Å². The van der Waals surface area contributed by atoms with E-state index in [1.54, 1.807) is 12.1 Å². The summed E-state index contributed by atoms with van der Waals surface area (Å²) in [6, 6.07) is 10.5. The maximum atomic E-state index is 14.1. The molecular formula is C23H23F2N3O3. The van der Waals surface area contributed by atoms with Crippen molar-refractivity contribution in [1.29, 1.82) is 0 Å². The highest BCUT2D eigenvalue weighted by Crippen LogP contribution is 2.32. The second kappa shape index (κ2) is 9.36. The summed E-state index contributed by atoms with van der Waals surface area (Å²) >= 11 is 0. The third-order valence-electron chi connectivity index (χ3n) is 5.24. The van der Waals surface area contributed by atoms with Gasteiger partial charge in [-0.3, -0.25) is 9.69 Å². The summed E-state index contributed by atoms with van der Waals surface area (Å²) in [7, 11) is 0. The van der Waals surface area contributed by atoms with Crippen molar-refractivity contribution in [2.24, 2.45) is 5.73 Å². The van der Waals surface area contributed by atoms with Gasteiger partial charge in [-0.1, -0.05) is 36.8 Å². The number of likely N-dealkylation sites (tertiary alicyclic amines) is 1. The molecule has 0 unspecified atom stereocenters. The van der Waals surface area contributed by atoms with E-state index in [1.807, 2.05) is 12.1 Å². The van der Waals surface area contributed by atoms with Gasteiger partial charge < -0.3 is 14.9 Å². The molecule has 1 aliphatic rings. The zero-order valence-corrected chi connectivity index (χ0v) is 16.9. The van der Waals surface area contributed by atoms with Crippen LogP contribution in [0.3, 0.4) is 0 Å². The molecule has 1 amide bonds. The molecule has 2 heterocycles. The monoisotopic (exact) mass is 427 g/mol. The average Bonchev–Trinajstić information content (AvgIpc) is 3.20. The van der Waals surface area contributed by atoms with E-state index in [0.717, 1.165) is 30.8 Å². The number of ether oxygens (including phenoxy) is 1. The van der Waals surface area contributed by atoms with Gasteiger partial charge in [0, 0.05) is 18.7 Å². The first kappa shape index (κ1) is 21.1. The number of nitrogens with two attached hydrogens (primary N) is 1. The molecule has 0 radical (unpaired) electrons. The highest BCUT2D eigenvalue weighted by molar-refractivity contribution is 5.97. The van der Waals surface area contributed by atoms with E-state index in [-0.39, 0.29) is 17.3 Å². The predicted molar refractivity (Wildman–Crippen MR) is 111 cm³/mol. The second-order valence-electron chi connectivity index (χ2n) is 7.51. The zero-order chi connectivity index (χ0) is 21.8. The number of oxazole rings is 1. The molecule has 1 fully saturated rings. The largest absolute Gasteiger partial charge is 0.435 e. The first-order valence-electron chi connectivity index (χ1n) is 10.2. The fraction of sp³-hybridized carbons (Fsp3) is 0.304. The van der Waals surface area contributed by atoms with Crippen molar-refractivity contribution < 1.29 is 22.7 Å².